The van der Waals surface area contributed by atoms with Crippen LogP contribution in [0, 0.1) is 11.6 Å². The Labute approximate surface area is 163 Å². The van der Waals surface area contributed by atoms with Crippen LogP contribution in [0.1, 0.15) is 18.4 Å². The summed E-state index contributed by atoms with van der Waals surface area (Å²) in [7, 11) is -7.71. The van der Waals surface area contributed by atoms with E-state index in [4.69, 9.17) is 0 Å². The number of hydrogen-bond acceptors (Lipinski definition) is 4. The summed E-state index contributed by atoms with van der Waals surface area (Å²) in [5.74, 6) is -1.40. The summed E-state index contributed by atoms with van der Waals surface area (Å²) in [6.45, 7) is 0.261. The standard InChI is InChI=1S/C18H20F2N2O4S2/c1-27(23,24)21-15-8-9-18(17(20)12-15)28(25,26)22-10-2-3-16(22)11-13-4-6-14(19)7-5-13/h4-9,12,16,21H,2-3,10-11H2,1H3. The van der Waals surface area contributed by atoms with Crippen molar-refractivity contribution in [3.05, 3.63) is 59.7 Å². The molecule has 1 N–H and O–H groups in total. The second kappa shape index (κ2) is 7.76. The van der Waals surface area contributed by atoms with E-state index in [1.165, 1.54) is 22.5 Å². The number of halogens is 2. The van der Waals surface area contributed by atoms with Crippen LogP contribution >= 0.6 is 0 Å². The first-order chi connectivity index (χ1) is 13.1. The number of benzene rings is 2. The van der Waals surface area contributed by atoms with Gasteiger partial charge in [-0.05, 0) is 55.2 Å². The summed E-state index contributed by atoms with van der Waals surface area (Å²) in [5, 5.41) is 0. The largest absolute Gasteiger partial charge is 0.284 e. The minimum Gasteiger partial charge on any atom is -0.284 e. The van der Waals surface area contributed by atoms with E-state index in [2.05, 4.69) is 4.72 Å². The molecule has 152 valence electrons. The van der Waals surface area contributed by atoms with Crippen LogP contribution in [-0.2, 0) is 26.5 Å². The van der Waals surface area contributed by atoms with Gasteiger partial charge in [-0.15, -0.1) is 0 Å². The van der Waals surface area contributed by atoms with Gasteiger partial charge in [-0.3, -0.25) is 4.72 Å². The van der Waals surface area contributed by atoms with Crippen LogP contribution in [-0.4, -0.2) is 40.0 Å². The van der Waals surface area contributed by atoms with Crippen LogP contribution in [0.25, 0.3) is 0 Å². The fraction of sp³-hybridized carbons (Fsp3) is 0.333. The van der Waals surface area contributed by atoms with E-state index >= 15 is 0 Å². The van der Waals surface area contributed by atoms with Crippen molar-refractivity contribution in [2.45, 2.75) is 30.2 Å². The van der Waals surface area contributed by atoms with Crippen molar-refractivity contribution in [1.29, 1.82) is 0 Å². The molecule has 2 aromatic carbocycles. The molecule has 0 radical (unpaired) electrons. The Morgan fingerprint density at radius 3 is 2.36 bits per heavy atom. The van der Waals surface area contributed by atoms with E-state index in [9.17, 15) is 25.6 Å². The summed E-state index contributed by atoms with van der Waals surface area (Å²) in [5.41, 5.74) is 0.741. The molecule has 6 nitrogen and oxygen atoms in total. The van der Waals surface area contributed by atoms with Crippen LogP contribution in [0.3, 0.4) is 0 Å². The summed E-state index contributed by atoms with van der Waals surface area (Å²) in [4.78, 5) is -0.502. The van der Waals surface area contributed by atoms with E-state index in [1.54, 1.807) is 12.1 Å². The molecule has 0 spiro atoms. The molecule has 1 saturated heterocycles. The Morgan fingerprint density at radius 2 is 1.75 bits per heavy atom. The number of anilines is 1. The molecular formula is C18H20F2N2O4S2. The van der Waals surface area contributed by atoms with Crippen LogP contribution in [0.4, 0.5) is 14.5 Å². The van der Waals surface area contributed by atoms with Gasteiger partial charge in [-0.1, -0.05) is 12.1 Å². The van der Waals surface area contributed by atoms with Crippen molar-refractivity contribution in [2.75, 3.05) is 17.5 Å². The van der Waals surface area contributed by atoms with Crippen LogP contribution in [0.15, 0.2) is 47.4 Å². The van der Waals surface area contributed by atoms with E-state index in [-0.39, 0.29) is 24.1 Å². The zero-order chi connectivity index (χ0) is 20.5. The van der Waals surface area contributed by atoms with Crippen LogP contribution in [0.5, 0.6) is 0 Å². The van der Waals surface area contributed by atoms with Crippen LogP contribution in [0.2, 0.25) is 0 Å². The zero-order valence-electron chi connectivity index (χ0n) is 15.1. The fourth-order valence-electron chi connectivity index (χ4n) is 3.34. The summed E-state index contributed by atoms with van der Waals surface area (Å²) < 4.78 is 79.4. The Hall–Kier alpha value is -2.04. The highest BCUT2D eigenvalue weighted by molar-refractivity contribution is 7.92. The lowest BCUT2D eigenvalue weighted by molar-refractivity contribution is 0.383. The number of sulfonamides is 2. The molecule has 1 atom stereocenters. The quantitative estimate of drug-likeness (QED) is 0.764. The summed E-state index contributed by atoms with van der Waals surface area (Å²) in [6, 6.07) is 8.60. The highest BCUT2D eigenvalue weighted by Crippen LogP contribution is 2.30. The van der Waals surface area contributed by atoms with Gasteiger partial charge in [0.1, 0.15) is 16.5 Å². The maximum absolute atomic E-state index is 14.5. The van der Waals surface area contributed by atoms with Crippen molar-refractivity contribution in [3.63, 3.8) is 0 Å². The third-order valence-corrected chi connectivity index (χ3v) is 7.12. The van der Waals surface area contributed by atoms with Crippen molar-refractivity contribution < 1.29 is 25.6 Å². The maximum atomic E-state index is 14.5. The van der Waals surface area contributed by atoms with E-state index in [0.717, 1.165) is 24.0 Å². The van der Waals surface area contributed by atoms with Crippen molar-refractivity contribution >= 4 is 25.7 Å². The lowest BCUT2D eigenvalue weighted by Gasteiger charge is -2.24. The number of rotatable bonds is 6. The first-order valence-corrected chi connectivity index (χ1v) is 11.9. The molecule has 1 heterocycles. The molecule has 0 aliphatic carbocycles. The molecule has 3 rings (SSSR count). The van der Waals surface area contributed by atoms with E-state index < -0.39 is 30.8 Å². The average Bonchev–Trinajstić information content (AvgIpc) is 3.04. The minimum atomic E-state index is -4.10. The van der Waals surface area contributed by atoms with Gasteiger partial charge in [-0.25, -0.2) is 25.6 Å². The molecule has 1 aliphatic heterocycles. The molecule has 1 unspecified atom stereocenters. The number of nitrogens with one attached hydrogen (secondary N) is 1. The normalized spacial score (nSPS) is 18.3. The topological polar surface area (TPSA) is 83.5 Å². The van der Waals surface area contributed by atoms with Crippen molar-refractivity contribution in [1.82, 2.24) is 4.31 Å². The van der Waals surface area contributed by atoms with Gasteiger partial charge in [0.05, 0.1) is 11.9 Å². The molecule has 0 aromatic heterocycles. The third-order valence-electron chi connectivity index (χ3n) is 4.53. The predicted molar refractivity (Wildman–Crippen MR) is 102 cm³/mol. The molecule has 1 aliphatic rings. The van der Waals surface area contributed by atoms with Crippen LogP contribution < -0.4 is 4.72 Å². The molecule has 1 fully saturated rings. The van der Waals surface area contributed by atoms with Gasteiger partial charge < -0.3 is 0 Å². The second-order valence-corrected chi connectivity index (χ2v) is 10.4. The monoisotopic (exact) mass is 430 g/mol. The fourth-order valence-corrected chi connectivity index (χ4v) is 5.63. The predicted octanol–water partition coefficient (Wildman–Crippen LogP) is 2.73. The van der Waals surface area contributed by atoms with Gasteiger partial charge in [-0.2, -0.15) is 4.31 Å². The highest BCUT2D eigenvalue weighted by atomic mass is 32.2. The average molecular weight is 430 g/mol. The lowest BCUT2D eigenvalue weighted by Crippen LogP contribution is -2.37. The van der Waals surface area contributed by atoms with Gasteiger partial charge in [0.2, 0.25) is 20.0 Å². The summed E-state index contributed by atoms with van der Waals surface area (Å²) >= 11 is 0. The number of nitrogens with zero attached hydrogens (tertiary/aromatic N) is 1. The Morgan fingerprint density at radius 1 is 1.07 bits per heavy atom. The smallest absolute Gasteiger partial charge is 0.246 e. The summed E-state index contributed by atoms with van der Waals surface area (Å²) in [6.07, 6.45) is 2.57. The molecular weight excluding hydrogens is 410 g/mol. The first kappa shape index (κ1) is 20.7. The highest BCUT2D eigenvalue weighted by Gasteiger charge is 2.36. The second-order valence-electron chi connectivity index (χ2n) is 6.76. The van der Waals surface area contributed by atoms with E-state index in [0.29, 0.717) is 19.3 Å². The SMILES string of the molecule is CS(=O)(=O)Nc1ccc(S(=O)(=O)N2CCCC2Cc2ccc(F)cc2)c(F)c1. The van der Waals surface area contributed by atoms with Crippen molar-refractivity contribution in [3.8, 4) is 0 Å². The molecule has 10 heteroatoms. The van der Waals surface area contributed by atoms with Gasteiger partial charge in [0.15, 0.2) is 0 Å². The van der Waals surface area contributed by atoms with Crippen molar-refractivity contribution in [2.24, 2.45) is 0 Å². The molecule has 0 amide bonds. The van der Waals surface area contributed by atoms with E-state index in [1.807, 2.05) is 0 Å². The minimum absolute atomic E-state index is 0.0526. The molecule has 28 heavy (non-hydrogen) atoms. The molecule has 2 aromatic rings. The van der Waals surface area contributed by atoms with Gasteiger partial charge in [0, 0.05) is 12.6 Å². The molecule has 0 saturated carbocycles. The molecule has 0 bridgehead atoms. The maximum Gasteiger partial charge on any atom is 0.246 e. The zero-order valence-corrected chi connectivity index (χ0v) is 16.7. The first-order valence-electron chi connectivity index (χ1n) is 8.60. The third kappa shape index (κ3) is 4.68. The Balaban J connectivity index is 1.85. The lowest BCUT2D eigenvalue weighted by atomic mass is 10.0. The Bertz CT molecular complexity index is 1070. The Kier molecular flexibility index (Phi) is 5.74. The van der Waals surface area contributed by atoms with Gasteiger partial charge >= 0.3 is 0 Å². The number of hydrogen-bond donors (Lipinski definition) is 1. The van der Waals surface area contributed by atoms with Gasteiger partial charge in [0.25, 0.3) is 0 Å².